The number of ether oxygens (including phenoxy) is 3. The SMILES string of the molecule is CCCCCCCCC(CCCSO)C(OC)(OC)OC. The van der Waals surface area contributed by atoms with E-state index in [9.17, 15) is 0 Å². The summed E-state index contributed by atoms with van der Waals surface area (Å²) in [6.07, 6.45) is 10.5. The zero-order chi connectivity index (χ0) is 16.0. The molecule has 0 aliphatic rings. The highest BCUT2D eigenvalue weighted by Gasteiger charge is 2.39. The highest BCUT2D eigenvalue weighted by molar-refractivity contribution is 7.93. The topological polar surface area (TPSA) is 47.9 Å². The van der Waals surface area contributed by atoms with Gasteiger partial charge >= 0.3 is 0 Å². The first-order valence-corrected chi connectivity index (χ1v) is 9.06. The van der Waals surface area contributed by atoms with Crippen LogP contribution in [0.15, 0.2) is 0 Å². The minimum Gasteiger partial charge on any atom is -0.331 e. The fourth-order valence-electron chi connectivity index (χ4n) is 2.81. The highest BCUT2D eigenvalue weighted by atomic mass is 32.2. The summed E-state index contributed by atoms with van der Waals surface area (Å²) in [5.74, 6) is -0.0279. The van der Waals surface area contributed by atoms with Crippen LogP contribution in [-0.4, -0.2) is 37.6 Å². The predicted octanol–water partition coefficient (Wildman–Crippen LogP) is 4.93. The zero-order valence-electron chi connectivity index (χ0n) is 14.2. The van der Waals surface area contributed by atoms with Crippen LogP contribution < -0.4 is 0 Å². The molecule has 0 heterocycles. The van der Waals surface area contributed by atoms with E-state index in [1.54, 1.807) is 21.3 Å². The average Bonchev–Trinajstić information content (AvgIpc) is 2.52. The molecule has 0 aliphatic carbocycles. The molecule has 0 aromatic rings. The zero-order valence-corrected chi connectivity index (χ0v) is 15.0. The Kier molecular flexibility index (Phi) is 14.0. The Morgan fingerprint density at radius 3 is 1.90 bits per heavy atom. The maximum atomic E-state index is 8.87. The lowest BCUT2D eigenvalue weighted by Gasteiger charge is -2.36. The van der Waals surface area contributed by atoms with Gasteiger partial charge < -0.3 is 18.8 Å². The number of rotatable bonds is 15. The third-order valence-electron chi connectivity index (χ3n) is 4.05. The summed E-state index contributed by atoms with van der Waals surface area (Å²) >= 11 is 0.892. The maximum Gasteiger partial charge on any atom is 0.285 e. The van der Waals surface area contributed by atoms with Crippen LogP contribution >= 0.6 is 12.0 Å². The lowest BCUT2D eigenvalue weighted by atomic mass is 9.93. The first-order valence-electron chi connectivity index (χ1n) is 8.12. The molecule has 1 N–H and O–H groups in total. The lowest BCUT2D eigenvalue weighted by Crippen LogP contribution is -2.44. The molecule has 0 spiro atoms. The van der Waals surface area contributed by atoms with E-state index in [1.807, 2.05) is 0 Å². The van der Waals surface area contributed by atoms with Gasteiger partial charge in [0.15, 0.2) is 0 Å². The molecule has 0 rings (SSSR count). The Bertz CT molecular complexity index is 214. The Morgan fingerprint density at radius 2 is 1.38 bits per heavy atom. The van der Waals surface area contributed by atoms with Crippen molar-refractivity contribution in [3.63, 3.8) is 0 Å². The summed E-state index contributed by atoms with van der Waals surface area (Å²) in [5, 5.41) is 0. The van der Waals surface area contributed by atoms with E-state index in [-0.39, 0.29) is 5.92 Å². The standard InChI is InChI=1S/C16H34O4S/c1-5-6-7-8-9-10-12-15(13-11-14-21-17)16(18-2,19-3)20-4/h15,17H,5-14H2,1-4H3. The molecule has 0 radical (unpaired) electrons. The molecule has 0 aromatic heterocycles. The van der Waals surface area contributed by atoms with Gasteiger partial charge in [-0.1, -0.05) is 45.4 Å². The summed E-state index contributed by atoms with van der Waals surface area (Å²) in [7, 11) is 4.88. The summed E-state index contributed by atoms with van der Waals surface area (Å²) in [6.45, 7) is 2.24. The smallest absolute Gasteiger partial charge is 0.285 e. The molecule has 0 amide bonds. The van der Waals surface area contributed by atoms with Crippen molar-refractivity contribution in [3.8, 4) is 0 Å². The average molecular weight is 323 g/mol. The van der Waals surface area contributed by atoms with Crippen molar-refractivity contribution < 1.29 is 18.8 Å². The van der Waals surface area contributed by atoms with Gasteiger partial charge in [-0.25, -0.2) is 0 Å². The van der Waals surface area contributed by atoms with E-state index >= 15 is 0 Å². The molecule has 1 atom stereocenters. The molecular formula is C16H34O4S. The second-order valence-electron chi connectivity index (χ2n) is 5.44. The maximum absolute atomic E-state index is 8.87. The molecule has 0 saturated heterocycles. The molecule has 128 valence electrons. The van der Waals surface area contributed by atoms with E-state index in [4.69, 9.17) is 18.8 Å². The third kappa shape index (κ3) is 8.41. The van der Waals surface area contributed by atoms with Crippen molar-refractivity contribution in [2.24, 2.45) is 5.92 Å². The molecule has 0 aromatic carbocycles. The molecule has 0 aliphatic heterocycles. The van der Waals surface area contributed by atoms with Crippen LogP contribution in [0, 0.1) is 5.92 Å². The molecule has 0 saturated carbocycles. The van der Waals surface area contributed by atoms with Crippen LogP contribution in [0.25, 0.3) is 0 Å². The van der Waals surface area contributed by atoms with Crippen LogP contribution in [0.1, 0.15) is 64.7 Å². The third-order valence-corrected chi connectivity index (χ3v) is 4.52. The van der Waals surface area contributed by atoms with Crippen molar-refractivity contribution in [2.45, 2.75) is 70.7 Å². The lowest BCUT2D eigenvalue weighted by molar-refractivity contribution is -0.380. The molecular weight excluding hydrogens is 288 g/mol. The van der Waals surface area contributed by atoms with Crippen LogP contribution in [0.4, 0.5) is 0 Å². The van der Waals surface area contributed by atoms with Crippen molar-refractivity contribution in [2.75, 3.05) is 27.1 Å². The largest absolute Gasteiger partial charge is 0.331 e. The van der Waals surface area contributed by atoms with Crippen molar-refractivity contribution in [1.82, 2.24) is 0 Å². The summed E-state index contributed by atoms with van der Waals surface area (Å²) in [5.41, 5.74) is 0. The van der Waals surface area contributed by atoms with Gasteiger partial charge in [-0.15, -0.1) is 0 Å². The monoisotopic (exact) mass is 322 g/mol. The predicted molar refractivity (Wildman–Crippen MR) is 89.6 cm³/mol. The van der Waals surface area contributed by atoms with E-state index in [1.165, 1.54) is 38.5 Å². The normalized spacial score (nSPS) is 13.6. The molecule has 4 nitrogen and oxygen atoms in total. The van der Waals surface area contributed by atoms with Gasteiger partial charge in [-0.05, 0) is 31.3 Å². The number of hydrogen-bond acceptors (Lipinski definition) is 5. The van der Waals surface area contributed by atoms with Gasteiger partial charge in [0.05, 0.1) is 0 Å². The Morgan fingerprint density at radius 1 is 0.857 bits per heavy atom. The highest BCUT2D eigenvalue weighted by Crippen LogP contribution is 2.32. The summed E-state index contributed by atoms with van der Waals surface area (Å²) < 4.78 is 25.4. The van der Waals surface area contributed by atoms with Gasteiger partial charge in [0, 0.05) is 33.0 Å². The molecule has 0 bridgehead atoms. The van der Waals surface area contributed by atoms with Crippen LogP contribution in [0.5, 0.6) is 0 Å². The minimum atomic E-state index is -0.955. The quantitative estimate of drug-likeness (QED) is 0.263. The van der Waals surface area contributed by atoms with E-state index < -0.39 is 5.97 Å². The van der Waals surface area contributed by atoms with Crippen LogP contribution in [-0.2, 0) is 14.2 Å². The summed E-state index contributed by atoms with van der Waals surface area (Å²) in [4.78, 5) is 0. The van der Waals surface area contributed by atoms with Crippen molar-refractivity contribution in [1.29, 1.82) is 0 Å². The van der Waals surface area contributed by atoms with E-state index in [0.717, 1.165) is 37.1 Å². The van der Waals surface area contributed by atoms with Gasteiger partial charge in [-0.3, -0.25) is 0 Å². The second-order valence-corrected chi connectivity index (χ2v) is 6.11. The number of hydrogen-bond donors (Lipinski definition) is 1. The van der Waals surface area contributed by atoms with Crippen LogP contribution in [0.2, 0.25) is 0 Å². The van der Waals surface area contributed by atoms with E-state index in [0.29, 0.717) is 0 Å². The molecule has 21 heavy (non-hydrogen) atoms. The van der Waals surface area contributed by atoms with Crippen molar-refractivity contribution >= 4 is 12.0 Å². The first-order chi connectivity index (χ1) is 10.2. The van der Waals surface area contributed by atoms with Crippen LogP contribution in [0.3, 0.4) is 0 Å². The minimum absolute atomic E-state index is 0.191. The Hall–Kier alpha value is 0.190. The first kappa shape index (κ1) is 21.2. The Labute approximate surface area is 135 Å². The molecule has 0 fully saturated rings. The van der Waals surface area contributed by atoms with Gasteiger partial charge in [0.2, 0.25) is 0 Å². The number of unbranched alkanes of at least 4 members (excludes halogenated alkanes) is 5. The van der Waals surface area contributed by atoms with Gasteiger partial charge in [0.25, 0.3) is 5.97 Å². The molecule has 1 unspecified atom stereocenters. The van der Waals surface area contributed by atoms with Gasteiger partial charge in [-0.2, -0.15) is 0 Å². The van der Waals surface area contributed by atoms with Gasteiger partial charge in [0.1, 0.15) is 0 Å². The second kappa shape index (κ2) is 13.8. The van der Waals surface area contributed by atoms with Crippen molar-refractivity contribution in [3.05, 3.63) is 0 Å². The summed E-state index contributed by atoms with van der Waals surface area (Å²) in [6, 6.07) is 0. The Balaban J connectivity index is 4.30. The number of methoxy groups -OCH3 is 3. The molecule has 5 heteroatoms. The van der Waals surface area contributed by atoms with E-state index in [2.05, 4.69) is 6.92 Å². The fraction of sp³-hybridized carbons (Fsp3) is 1.00. The fourth-order valence-corrected chi connectivity index (χ4v) is 3.11.